The van der Waals surface area contributed by atoms with Crippen molar-refractivity contribution >= 4 is 0 Å². The zero-order valence-electron chi connectivity index (χ0n) is 9.21. The summed E-state index contributed by atoms with van der Waals surface area (Å²) in [6, 6.07) is 5.49. The Balaban J connectivity index is 3.01. The molecule has 1 aromatic rings. The number of rotatable bonds is 4. The molecule has 0 N–H and O–H groups in total. The smallest absolute Gasteiger partial charge is 0.122 e. The molecule has 15 heavy (non-hydrogen) atoms. The van der Waals surface area contributed by atoms with Crippen LogP contribution in [0.15, 0.2) is 30.1 Å². The fourth-order valence-corrected chi connectivity index (χ4v) is 1.36. The van der Waals surface area contributed by atoms with Crippen LogP contribution >= 0.6 is 0 Å². The predicted octanol–water partition coefficient (Wildman–Crippen LogP) is 3.12. The summed E-state index contributed by atoms with van der Waals surface area (Å²) in [4.78, 5) is 0. The Labute approximate surface area is 89.3 Å². The molecular weight excluding hydrogens is 195 g/mol. The molecule has 0 atom stereocenters. The van der Waals surface area contributed by atoms with Crippen LogP contribution in [0.1, 0.15) is 12.5 Å². The van der Waals surface area contributed by atoms with E-state index in [0.29, 0.717) is 18.3 Å². The Kier molecular flexibility index (Phi) is 4.16. The molecule has 0 radical (unpaired) electrons. The standard InChI is InChI=1S/C12H15FO2/c1-9(8-13)6-10-7-11(14-2)4-5-12(10)15-3/h4-5,7-8H,6H2,1-3H3. The highest BCUT2D eigenvalue weighted by Crippen LogP contribution is 2.26. The third-order valence-electron chi connectivity index (χ3n) is 2.14. The second kappa shape index (κ2) is 5.39. The van der Waals surface area contributed by atoms with Gasteiger partial charge in [-0.1, -0.05) is 0 Å². The first-order chi connectivity index (χ1) is 7.21. The van der Waals surface area contributed by atoms with E-state index in [9.17, 15) is 4.39 Å². The summed E-state index contributed by atoms with van der Waals surface area (Å²) in [5.41, 5.74) is 1.57. The number of halogens is 1. The van der Waals surface area contributed by atoms with Gasteiger partial charge in [0.1, 0.15) is 11.5 Å². The van der Waals surface area contributed by atoms with Gasteiger partial charge < -0.3 is 9.47 Å². The van der Waals surface area contributed by atoms with E-state index in [1.54, 1.807) is 21.1 Å². The molecule has 0 saturated heterocycles. The molecule has 0 fully saturated rings. The van der Waals surface area contributed by atoms with Crippen LogP contribution in [0.5, 0.6) is 11.5 Å². The summed E-state index contributed by atoms with van der Waals surface area (Å²) in [6.07, 6.45) is 1.13. The van der Waals surface area contributed by atoms with Gasteiger partial charge in [-0.2, -0.15) is 0 Å². The molecule has 0 amide bonds. The fraction of sp³-hybridized carbons (Fsp3) is 0.333. The van der Waals surface area contributed by atoms with Gasteiger partial charge in [-0.15, -0.1) is 0 Å². The van der Waals surface area contributed by atoms with Crippen molar-refractivity contribution in [3.63, 3.8) is 0 Å². The molecule has 2 nitrogen and oxygen atoms in total. The first kappa shape index (κ1) is 11.6. The number of hydrogen-bond donors (Lipinski definition) is 0. The Bertz CT molecular complexity index is 359. The highest BCUT2D eigenvalue weighted by molar-refractivity contribution is 5.42. The van der Waals surface area contributed by atoms with Crippen LogP contribution in [0.3, 0.4) is 0 Å². The van der Waals surface area contributed by atoms with E-state index in [1.165, 1.54) is 0 Å². The van der Waals surface area contributed by atoms with Crippen LogP contribution in [0.4, 0.5) is 4.39 Å². The van der Waals surface area contributed by atoms with Crippen LogP contribution in [-0.2, 0) is 6.42 Å². The van der Waals surface area contributed by atoms with Crippen molar-refractivity contribution in [2.75, 3.05) is 14.2 Å². The highest BCUT2D eigenvalue weighted by atomic mass is 19.1. The number of allylic oxidation sites excluding steroid dienone is 1. The molecule has 0 saturated carbocycles. The summed E-state index contributed by atoms with van der Waals surface area (Å²) in [7, 11) is 3.20. The van der Waals surface area contributed by atoms with E-state index in [-0.39, 0.29) is 0 Å². The fourth-order valence-electron chi connectivity index (χ4n) is 1.36. The van der Waals surface area contributed by atoms with Crippen LogP contribution in [0, 0.1) is 0 Å². The van der Waals surface area contributed by atoms with Gasteiger partial charge in [-0.25, -0.2) is 4.39 Å². The molecule has 3 heteroatoms. The molecular formula is C12H15FO2. The number of methoxy groups -OCH3 is 2. The lowest BCUT2D eigenvalue weighted by molar-refractivity contribution is 0.399. The average Bonchev–Trinajstić information content (AvgIpc) is 2.28. The molecule has 1 aromatic carbocycles. The van der Waals surface area contributed by atoms with Crippen molar-refractivity contribution in [1.82, 2.24) is 0 Å². The Morgan fingerprint density at radius 3 is 2.60 bits per heavy atom. The molecule has 0 aliphatic rings. The highest BCUT2D eigenvalue weighted by Gasteiger charge is 2.05. The van der Waals surface area contributed by atoms with Gasteiger partial charge in [0, 0.05) is 5.56 Å². The van der Waals surface area contributed by atoms with Crippen LogP contribution in [-0.4, -0.2) is 14.2 Å². The maximum absolute atomic E-state index is 12.3. The molecule has 0 aliphatic carbocycles. The average molecular weight is 210 g/mol. The predicted molar refractivity (Wildman–Crippen MR) is 58.1 cm³/mol. The summed E-state index contributed by atoms with van der Waals surface area (Å²) >= 11 is 0. The minimum atomic E-state index is 0.525. The summed E-state index contributed by atoms with van der Waals surface area (Å²) < 4.78 is 22.5. The third-order valence-corrected chi connectivity index (χ3v) is 2.14. The largest absolute Gasteiger partial charge is 0.497 e. The minimum Gasteiger partial charge on any atom is -0.497 e. The van der Waals surface area contributed by atoms with E-state index in [0.717, 1.165) is 17.1 Å². The van der Waals surface area contributed by atoms with Gasteiger partial charge in [-0.05, 0) is 37.1 Å². The Morgan fingerprint density at radius 2 is 2.07 bits per heavy atom. The van der Waals surface area contributed by atoms with E-state index in [4.69, 9.17) is 9.47 Å². The summed E-state index contributed by atoms with van der Waals surface area (Å²) in [5, 5.41) is 0. The zero-order valence-corrected chi connectivity index (χ0v) is 9.21. The maximum Gasteiger partial charge on any atom is 0.122 e. The third kappa shape index (κ3) is 2.98. The van der Waals surface area contributed by atoms with Gasteiger partial charge in [-0.3, -0.25) is 0 Å². The van der Waals surface area contributed by atoms with E-state index in [2.05, 4.69) is 0 Å². The van der Waals surface area contributed by atoms with Crippen molar-refractivity contribution < 1.29 is 13.9 Å². The molecule has 0 unspecified atom stereocenters. The maximum atomic E-state index is 12.3. The minimum absolute atomic E-state index is 0.525. The van der Waals surface area contributed by atoms with Crippen LogP contribution in [0.25, 0.3) is 0 Å². The van der Waals surface area contributed by atoms with Crippen molar-refractivity contribution in [1.29, 1.82) is 0 Å². The van der Waals surface area contributed by atoms with Crippen molar-refractivity contribution in [3.05, 3.63) is 35.7 Å². The second-order valence-corrected chi connectivity index (χ2v) is 3.31. The lowest BCUT2D eigenvalue weighted by atomic mass is 10.1. The van der Waals surface area contributed by atoms with Crippen molar-refractivity contribution in [3.8, 4) is 11.5 Å². The molecule has 0 heterocycles. The van der Waals surface area contributed by atoms with E-state index in [1.807, 2.05) is 18.2 Å². The lowest BCUT2D eigenvalue weighted by Crippen LogP contribution is -1.94. The van der Waals surface area contributed by atoms with Crippen LogP contribution in [0.2, 0.25) is 0 Å². The number of ether oxygens (including phenoxy) is 2. The topological polar surface area (TPSA) is 18.5 Å². The Morgan fingerprint density at radius 1 is 1.33 bits per heavy atom. The molecule has 1 rings (SSSR count). The van der Waals surface area contributed by atoms with Gasteiger partial charge in [0.05, 0.1) is 20.5 Å². The SMILES string of the molecule is COc1ccc(OC)c(CC(C)=CF)c1. The molecule has 0 aromatic heterocycles. The zero-order chi connectivity index (χ0) is 11.3. The van der Waals surface area contributed by atoms with Gasteiger partial charge in [0.2, 0.25) is 0 Å². The van der Waals surface area contributed by atoms with Gasteiger partial charge in [0.15, 0.2) is 0 Å². The van der Waals surface area contributed by atoms with E-state index >= 15 is 0 Å². The summed E-state index contributed by atoms with van der Waals surface area (Å²) in [5.74, 6) is 1.49. The number of hydrogen-bond acceptors (Lipinski definition) is 2. The second-order valence-electron chi connectivity index (χ2n) is 3.31. The first-order valence-electron chi connectivity index (χ1n) is 4.68. The number of benzene rings is 1. The van der Waals surface area contributed by atoms with E-state index < -0.39 is 0 Å². The molecule has 82 valence electrons. The normalized spacial score (nSPS) is 11.3. The van der Waals surface area contributed by atoms with Crippen molar-refractivity contribution in [2.45, 2.75) is 13.3 Å². The summed E-state index contributed by atoms with van der Waals surface area (Å²) in [6.45, 7) is 1.74. The monoisotopic (exact) mass is 210 g/mol. The quantitative estimate of drug-likeness (QED) is 0.760. The van der Waals surface area contributed by atoms with Gasteiger partial charge in [0.25, 0.3) is 0 Å². The first-order valence-corrected chi connectivity index (χ1v) is 4.68. The van der Waals surface area contributed by atoms with Crippen molar-refractivity contribution in [2.24, 2.45) is 0 Å². The lowest BCUT2D eigenvalue weighted by Gasteiger charge is -2.10. The molecule has 0 aliphatic heterocycles. The molecule has 0 bridgehead atoms. The Hall–Kier alpha value is -1.51. The molecule has 0 spiro atoms. The van der Waals surface area contributed by atoms with Crippen LogP contribution < -0.4 is 9.47 Å². The van der Waals surface area contributed by atoms with Gasteiger partial charge >= 0.3 is 0 Å².